The van der Waals surface area contributed by atoms with Gasteiger partial charge in [0.1, 0.15) is 5.82 Å². The molecule has 0 spiro atoms. The molecular formula is C26H27Cl3N4O2S. The van der Waals surface area contributed by atoms with Crippen LogP contribution in [-0.4, -0.2) is 49.0 Å². The summed E-state index contributed by atoms with van der Waals surface area (Å²) in [5.74, 6) is 0.610. The van der Waals surface area contributed by atoms with Crippen LogP contribution in [0.5, 0.6) is 0 Å². The molecule has 0 aliphatic rings. The Labute approximate surface area is 226 Å². The third kappa shape index (κ3) is 6.05. The van der Waals surface area contributed by atoms with Crippen molar-refractivity contribution in [3.8, 4) is 11.4 Å². The van der Waals surface area contributed by atoms with Gasteiger partial charge in [0, 0.05) is 30.2 Å². The van der Waals surface area contributed by atoms with E-state index in [0.717, 1.165) is 24.2 Å². The van der Waals surface area contributed by atoms with Crippen molar-refractivity contribution in [2.24, 2.45) is 0 Å². The predicted molar refractivity (Wildman–Crippen MR) is 149 cm³/mol. The van der Waals surface area contributed by atoms with E-state index >= 15 is 0 Å². The van der Waals surface area contributed by atoms with E-state index in [2.05, 4.69) is 23.5 Å². The van der Waals surface area contributed by atoms with Crippen molar-refractivity contribution >= 4 is 55.9 Å². The number of halogens is 3. The molecule has 0 saturated heterocycles. The van der Waals surface area contributed by atoms with E-state index in [4.69, 9.17) is 39.8 Å². The molecule has 36 heavy (non-hydrogen) atoms. The maximum absolute atomic E-state index is 13.0. The topological polar surface area (TPSA) is 67.2 Å². The van der Waals surface area contributed by atoms with Crippen molar-refractivity contribution in [1.82, 2.24) is 19.2 Å². The van der Waals surface area contributed by atoms with E-state index in [1.54, 1.807) is 30.3 Å². The lowest BCUT2D eigenvalue weighted by molar-refractivity contribution is 0.309. The van der Waals surface area contributed by atoms with Crippen molar-refractivity contribution in [3.63, 3.8) is 0 Å². The zero-order valence-corrected chi connectivity index (χ0v) is 23.1. The average molecular weight is 566 g/mol. The standard InChI is InChI=1S/C26H27Cl3N4O2S/c1-3-32(4-2)13-12-30-36(34,35)21-7-5-6-19(14-21)26-31-24-15-22(28)23(29)16-25(24)33(26)17-18-8-10-20(27)11-9-18/h5-11,14-16,30H,3-4,12-13,17H2,1-2H3. The zero-order chi connectivity index (χ0) is 25.9. The van der Waals surface area contributed by atoms with Crippen LogP contribution in [0, 0.1) is 0 Å². The molecule has 4 rings (SSSR count). The van der Waals surface area contributed by atoms with Crippen LogP contribution in [0.2, 0.25) is 15.1 Å². The lowest BCUT2D eigenvalue weighted by Gasteiger charge is -2.18. The molecule has 190 valence electrons. The lowest BCUT2D eigenvalue weighted by Crippen LogP contribution is -2.34. The smallest absolute Gasteiger partial charge is 0.240 e. The van der Waals surface area contributed by atoms with Gasteiger partial charge in [0.05, 0.1) is 26.0 Å². The summed E-state index contributed by atoms with van der Waals surface area (Å²) in [5, 5.41) is 1.47. The van der Waals surface area contributed by atoms with Crippen molar-refractivity contribution < 1.29 is 8.42 Å². The first-order valence-corrected chi connectivity index (χ1v) is 14.3. The summed E-state index contributed by atoms with van der Waals surface area (Å²) in [4.78, 5) is 7.14. The van der Waals surface area contributed by atoms with Gasteiger partial charge in [-0.2, -0.15) is 0 Å². The van der Waals surface area contributed by atoms with Crippen LogP contribution in [0.3, 0.4) is 0 Å². The monoisotopic (exact) mass is 564 g/mol. The molecule has 0 aliphatic heterocycles. The molecule has 0 unspecified atom stereocenters. The van der Waals surface area contributed by atoms with Gasteiger partial charge < -0.3 is 9.47 Å². The Morgan fingerprint density at radius 2 is 1.64 bits per heavy atom. The predicted octanol–water partition coefficient (Wildman–Crippen LogP) is 6.33. The fourth-order valence-corrected chi connectivity index (χ4v) is 5.54. The van der Waals surface area contributed by atoms with E-state index in [1.807, 2.05) is 34.9 Å². The molecule has 1 heterocycles. The molecule has 3 aromatic carbocycles. The molecule has 0 radical (unpaired) electrons. The Morgan fingerprint density at radius 1 is 0.944 bits per heavy atom. The molecule has 0 bridgehead atoms. The largest absolute Gasteiger partial charge is 0.319 e. The van der Waals surface area contributed by atoms with Crippen molar-refractivity contribution in [1.29, 1.82) is 0 Å². The SMILES string of the molecule is CCN(CC)CCNS(=O)(=O)c1cccc(-c2nc3cc(Cl)c(Cl)cc3n2Cc2ccc(Cl)cc2)c1. The molecule has 0 saturated carbocycles. The van der Waals surface area contributed by atoms with Gasteiger partial charge in [-0.05, 0) is 55.1 Å². The number of likely N-dealkylation sites (N-methyl/N-ethyl adjacent to an activating group) is 1. The number of hydrogen-bond donors (Lipinski definition) is 1. The van der Waals surface area contributed by atoms with Crippen LogP contribution in [0.15, 0.2) is 65.6 Å². The minimum Gasteiger partial charge on any atom is -0.319 e. The summed E-state index contributed by atoms with van der Waals surface area (Å²) in [6.07, 6.45) is 0. The van der Waals surface area contributed by atoms with Gasteiger partial charge in [-0.15, -0.1) is 0 Å². The Balaban J connectivity index is 1.73. The van der Waals surface area contributed by atoms with E-state index in [0.29, 0.717) is 51.6 Å². The number of benzene rings is 3. The Hall–Kier alpha value is -2.13. The van der Waals surface area contributed by atoms with Crippen LogP contribution in [0.4, 0.5) is 0 Å². The first-order chi connectivity index (χ1) is 17.2. The summed E-state index contributed by atoms with van der Waals surface area (Å²) >= 11 is 18.7. The number of nitrogens with one attached hydrogen (secondary N) is 1. The minimum absolute atomic E-state index is 0.181. The van der Waals surface area contributed by atoms with Gasteiger partial charge in [-0.1, -0.05) is 72.9 Å². The highest BCUT2D eigenvalue weighted by atomic mass is 35.5. The fraction of sp³-hybridized carbons (Fsp3) is 0.269. The number of sulfonamides is 1. The van der Waals surface area contributed by atoms with E-state index < -0.39 is 10.0 Å². The molecular weight excluding hydrogens is 539 g/mol. The number of rotatable bonds is 10. The fourth-order valence-electron chi connectivity index (χ4n) is 4.04. The van der Waals surface area contributed by atoms with Crippen molar-refractivity contribution in [2.45, 2.75) is 25.3 Å². The maximum atomic E-state index is 13.0. The summed E-state index contributed by atoms with van der Waals surface area (Å²) in [6.45, 7) is 7.30. The molecule has 0 atom stereocenters. The van der Waals surface area contributed by atoms with Gasteiger partial charge in [-0.25, -0.2) is 18.1 Å². The third-order valence-electron chi connectivity index (χ3n) is 6.06. The van der Waals surface area contributed by atoms with Crippen LogP contribution in [0.1, 0.15) is 19.4 Å². The highest BCUT2D eigenvalue weighted by Gasteiger charge is 2.19. The first-order valence-electron chi connectivity index (χ1n) is 11.6. The second-order valence-electron chi connectivity index (χ2n) is 8.36. The number of aromatic nitrogens is 2. The second-order valence-corrected chi connectivity index (χ2v) is 11.4. The molecule has 4 aromatic rings. The summed E-state index contributed by atoms with van der Waals surface area (Å²) in [6, 6.07) is 17.8. The molecule has 0 aliphatic carbocycles. The van der Waals surface area contributed by atoms with Crippen LogP contribution in [0.25, 0.3) is 22.4 Å². The normalized spacial score (nSPS) is 12.1. The highest BCUT2D eigenvalue weighted by Crippen LogP contribution is 2.32. The number of imidazole rings is 1. The van der Waals surface area contributed by atoms with Gasteiger partial charge in [0.2, 0.25) is 10.0 Å². The second kappa shape index (κ2) is 11.5. The Bertz CT molecular complexity index is 1470. The molecule has 1 aromatic heterocycles. The van der Waals surface area contributed by atoms with Crippen LogP contribution in [-0.2, 0) is 16.6 Å². The molecule has 1 N–H and O–H groups in total. The van der Waals surface area contributed by atoms with E-state index in [1.165, 1.54) is 0 Å². The van der Waals surface area contributed by atoms with Gasteiger partial charge >= 0.3 is 0 Å². The van der Waals surface area contributed by atoms with Gasteiger partial charge in [0.25, 0.3) is 0 Å². The van der Waals surface area contributed by atoms with E-state index in [-0.39, 0.29) is 4.90 Å². The summed E-state index contributed by atoms with van der Waals surface area (Å²) in [5.41, 5.74) is 3.13. The van der Waals surface area contributed by atoms with Gasteiger partial charge in [0.15, 0.2) is 0 Å². The Morgan fingerprint density at radius 3 is 2.33 bits per heavy atom. The zero-order valence-electron chi connectivity index (χ0n) is 20.0. The Kier molecular flexibility index (Phi) is 8.60. The number of hydrogen-bond acceptors (Lipinski definition) is 4. The van der Waals surface area contributed by atoms with E-state index in [9.17, 15) is 8.42 Å². The molecule has 0 amide bonds. The third-order valence-corrected chi connectivity index (χ3v) is 8.49. The average Bonchev–Trinajstić information content (AvgIpc) is 3.20. The van der Waals surface area contributed by atoms with Crippen molar-refractivity contribution in [2.75, 3.05) is 26.2 Å². The molecule has 0 fully saturated rings. The lowest BCUT2D eigenvalue weighted by atomic mass is 10.2. The van der Waals surface area contributed by atoms with Crippen molar-refractivity contribution in [3.05, 3.63) is 81.3 Å². The van der Waals surface area contributed by atoms with Crippen LogP contribution >= 0.6 is 34.8 Å². The molecule has 6 nitrogen and oxygen atoms in total. The minimum atomic E-state index is -3.69. The quantitative estimate of drug-likeness (QED) is 0.244. The summed E-state index contributed by atoms with van der Waals surface area (Å²) in [7, 11) is -3.69. The molecule has 10 heteroatoms. The summed E-state index contributed by atoms with van der Waals surface area (Å²) < 4.78 is 30.8. The van der Waals surface area contributed by atoms with Crippen LogP contribution < -0.4 is 4.72 Å². The first kappa shape index (κ1) is 26.9. The maximum Gasteiger partial charge on any atom is 0.240 e. The van der Waals surface area contributed by atoms with Gasteiger partial charge in [-0.3, -0.25) is 0 Å². The highest BCUT2D eigenvalue weighted by molar-refractivity contribution is 7.89. The number of nitrogens with zero attached hydrogens (tertiary/aromatic N) is 3. The number of fused-ring (bicyclic) bond motifs is 1.